The average Bonchev–Trinajstić information content (AvgIpc) is 2.95. The van der Waals surface area contributed by atoms with Crippen LogP contribution < -0.4 is 5.32 Å². The van der Waals surface area contributed by atoms with Crippen molar-refractivity contribution in [2.24, 2.45) is 0 Å². The highest BCUT2D eigenvalue weighted by atomic mass is 16.5. The van der Waals surface area contributed by atoms with E-state index in [2.05, 4.69) is 10.4 Å². The predicted molar refractivity (Wildman–Crippen MR) is 93.8 cm³/mol. The molecule has 130 valence electrons. The standard InChI is InChI=1S/C18H25N3O3/c1-14-7-3-4-8-15(14)16-13-17(21(20-16)10-11-22)19-18(23)9-5-6-12-24-2/h3-4,7-8,13,22H,5-6,9-12H2,1-2H3,(H,19,23). The van der Waals surface area contributed by atoms with Crippen LogP contribution in [0.25, 0.3) is 11.3 Å². The van der Waals surface area contributed by atoms with Gasteiger partial charge in [-0.3, -0.25) is 4.79 Å². The van der Waals surface area contributed by atoms with Crippen LogP contribution in [0.3, 0.4) is 0 Å². The van der Waals surface area contributed by atoms with Crippen molar-refractivity contribution in [1.29, 1.82) is 0 Å². The van der Waals surface area contributed by atoms with Crippen molar-refractivity contribution in [1.82, 2.24) is 9.78 Å². The second-order valence-corrected chi connectivity index (χ2v) is 5.67. The second kappa shape index (κ2) is 9.20. The molecule has 0 atom stereocenters. The predicted octanol–water partition coefficient (Wildman–Crippen LogP) is 2.61. The molecule has 0 saturated heterocycles. The number of unbranched alkanes of at least 4 members (excludes halogenated alkanes) is 1. The minimum absolute atomic E-state index is 0.0361. The maximum atomic E-state index is 12.1. The zero-order valence-corrected chi connectivity index (χ0v) is 14.3. The largest absolute Gasteiger partial charge is 0.394 e. The van der Waals surface area contributed by atoms with Gasteiger partial charge in [0.25, 0.3) is 0 Å². The Bertz CT molecular complexity index is 667. The van der Waals surface area contributed by atoms with E-state index < -0.39 is 0 Å². The number of carbonyl (C=O) groups excluding carboxylic acids is 1. The first-order valence-corrected chi connectivity index (χ1v) is 8.19. The molecule has 0 aliphatic rings. The van der Waals surface area contributed by atoms with Crippen molar-refractivity contribution in [2.45, 2.75) is 32.7 Å². The van der Waals surface area contributed by atoms with Gasteiger partial charge in [-0.2, -0.15) is 5.10 Å². The average molecular weight is 331 g/mol. The lowest BCUT2D eigenvalue weighted by atomic mass is 10.1. The molecule has 24 heavy (non-hydrogen) atoms. The van der Waals surface area contributed by atoms with Crippen molar-refractivity contribution in [3.8, 4) is 11.3 Å². The van der Waals surface area contributed by atoms with E-state index >= 15 is 0 Å². The normalized spacial score (nSPS) is 10.8. The Hall–Kier alpha value is -2.18. The SMILES string of the molecule is COCCCCC(=O)Nc1cc(-c2ccccc2C)nn1CCO. The Kier molecular flexibility index (Phi) is 6.96. The Morgan fingerprint density at radius 1 is 1.33 bits per heavy atom. The lowest BCUT2D eigenvalue weighted by Crippen LogP contribution is -2.16. The fraction of sp³-hybridized carbons (Fsp3) is 0.444. The number of nitrogens with zero attached hydrogens (tertiary/aromatic N) is 2. The van der Waals surface area contributed by atoms with Crippen molar-refractivity contribution in [2.75, 3.05) is 25.6 Å². The molecule has 0 aliphatic heterocycles. The van der Waals surface area contributed by atoms with E-state index in [0.29, 0.717) is 25.4 Å². The zero-order chi connectivity index (χ0) is 17.4. The first kappa shape index (κ1) is 18.2. The van der Waals surface area contributed by atoms with E-state index in [4.69, 9.17) is 4.74 Å². The minimum atomic E-state index is -0.0541. The molecule has 6 heteroatoms. The van der Waals surface area contributed by atoms with Crippen LogP contribution in [-0.4, -0.2) is 41.1 Å². The molecule has 1 amide bonds. The summed E-state index contributed by atoms with van der Waals surface area (Å²) in [6.07, 6.45) is 2.07. The molecule has 0 fully saturated rings. The number of ether oxygens (including phenoxy) is 1. The van der Waals surface area contributed by atoms with Crippen molar-refractivity contribution in [3.63, 3.8) is 0 Å². The van der Waals surface area contributed by atoms with Crippen molar-refractivity contribution >= 4 is 11.7 Å². The number of hydrogen-bond acceptors (Lipinski definition) is 4. The van der Waals surface area contributed by atoms with Crippen LogP contribution in [0.1, 0.15) is 24.8 Å². The molecule has 1 heterocycles. The molecule has 0 radical (unpaired) electrons. The van der Waals surface area contributed by atoms with Crippen LogP contribution in [-0.2, 0) is 16.1 Å². The van der Waals surface area contributed by atoms with E-state index in [9.17, 15) is 9.90 Å². The van der Waals surface area contributed by atoms with E-state index in [-0.39, 0.29) is 12.5 Å². The first-order valence-electron chi connectivity index (χ1n) is 8.19. The van der Waals surface area contributed by atoms with Gasteiger partial charge < -0.3 is 15.2 Å². The van der Waals surface area contributed by atoms with Gasteiger partial charge in [0.15, 0.2) is 0 Å². The lowest BCUT2D eigenvalue weighted by Gasteiger charge is -2.07. The number of methoxy groups -OCH3 is 1. The van der Waals surface area contributed by atoms with Crippen molar-refractivity contribution < 1.29 is 14.6 Å². The monoisotopic (exact) mass is 331 g/mol. The number of benzene rings is 1. The van der Waals surface area contributed by atoms with E-state index in [1.165, 1.54) is 0 Å². The molecular formula is C18H25N3O3. The Labute approximate surface area is 142 Å². The van der Waals surface area contributed by atoms with Gasteiger partial charge in [0.05, 0.1) is 18.8 Å². The number of aliphatic hydroxyl groups excluding tert-OH is 1. The summed E-state index contributed by atoms with van der Waals surface area (Å²) in [5.41, 5.74) is 2.92. The Morgan fingerprint density at radius 2 is 2.12 bits per heavy atom. The summed E-state index contributed by atoms with van der Waals surface area (Å²) in [7, 11) is 1.65. The topological polar surface area (TPSA) is 76.4 Å². The van der Waals surface area contributed by atoms with Crippen LogP contribution >= 0.6 is 0 Å². The number of hydrogen-bond donors (Lipinski definition) is 2. The molecule has 0 unspecified atom stereocenters. The highest BCUT2D eigenvalue weighted by molar-refractivity contribution is 5.90. The molecule has 0 aliphatic carbocycles. The third-order valence-corrected chi connectivity index (χ3v) is 3.78. The van der Waals surface area contributed by atoms with Crippen LogP contribution in [0.2, 0.25) is 0 Å². The number of nitrogens with one attached hydrogen (secondary N) is 1. The molecule has 0 saturated carbocycles. The number of anilines is 1. The quantitative estimate of drug-likeness (QED) is 0.693. The number of aryl methyl sites for hydroxylation is 1. The smallest absolute Gasteiger partial charge is 0.225 e. The van der Waals surface area contributed by atoms with Gasteiger partial charge in [-0.05, 0) is 25.3 Å². The Balaban J connectivity index is 2.11. The molecule has 2 rings (SSSR count). The number of aliphatic hydroxyl groups is 1. The fourth-order valence-corrected chi connectivity index (χ4v) is 2.51. The number of aromatic nitrogens is 2. The van der Waals surface area contributed by atoms with E-state index in [0.717, 1.165) is 29.7 Å². The summed E-state index contributed by atoms with van der Waals surface area (Å²) < 4.78 is 6.62. The fourth-order valence-electron chi connectivity index (χ4n) is 2.51. The van der Waals surface area contributed by atoms with Crippen LogP contribution in [0, 0.1) is 6.92 Å². The number of amides is 1. The van der Waals surface area contributed by atoms with Gasteiger partial charge in [0.2, 0.25) is 5.91 Å². The highest BCUT2D eigenvalue weighted by Gasteiger charge is 2.13. The molecule has 1 aromatic carbocycles. The Morgan fingerprint density at radius 3 is 2.83 bits per heavy atom. The van der Waals surface area contributed by atoms with Gasteiger partial charge in [-0.25, -0.2) is 4.68 Å². The van der Waals surface area contributed by atoms with Crippen LogP contribution in [0.5, 0.6) is 0 Å². The summed E-state index contributed by atoms with van der Waals surface area (Å²) in [6, 6.07) is 9.81. The summed E-state index contributed by atoms with van der Waals surface area (Å²) in [5, 5.41) is 16.6. The molecule has 0 bridgehead atoms. The zero-order valence-electron chi connectivity index (χ0n) is 14.3. The summed E-state index contributed by atoms with van der Waals surface area (Å²) in [6.45, 7) is 2.98. The molecule has 0 spiro atoms. The molecule has 6 nitrogen and oxygen atoms in total. The van der Waals surface area contributed by atoms with Gasteiger partial charge in [-0.1, -0.05) is 24.3 Å². The lowest BCUT2D eigenvalue weighted by molar-refractivity contribution is -0.116. The summed E-state index contributed by atoms with van der Waals surface area (Å²) in [4.78, 5) is 12.1. The van der Waals surface area contributed by atoms with Crippen LogP contribution in [0.4, 0.5) is 5.82 Å². The molecular weight excluding hydrogens is 306 g/mol. The number of carbonyl (C=O) groups is 1. The second-order valence-electron chi connectivity index (χ2n) is 5.67. The van der Waals surface area contributed by atoms with E-state index in [1.807, 2.05) is 37.3 Å². The number of rotatable bonds is 9. The minimum Gasteiger partial charge on any atom is -0.394 e. The third kappa shape index (κ3) is 4.91. The van der Waals surface area contributed by atoms with Gasteiger partial charge in [0, 0.05) is 31.8 Å². The van der Waals surface area contributed by atoms with Crippen LogP contribution in [0.15, 0.2) is 30.3 Å². The highest BCUT2D eigenvalue weighted by Crippen LogP contribution is 2.25. The molecule has 1 aromatic heterocycles. The van der Waals surface area contributed by atoms with Gasteiger partial charge in [0.1, 0.15) is 5.82 Å². The maximum Gasteiger partial charge on any atom is 0.225 e. The molecule has 2 aromatic rings. The van der Waals surface area contributed by atoms with E-state index in [1.54, 1.807) is 11.8 Å². The van der Waals surface area contributed by atoms with Crippen molar-refractivity contribution in [3.05, 3.63) is 35.9 Å². The first-order chi connectivity index (χ1) is 11.7. The van der Waals surface area contributed by atoms with Gasteiger partial charge in [-0.15, -0.1) is 0 Å². The third-order valence-electron chi connectivity index (χ3n) is 3.78. The summed E-state index contributed by atoms with van der Waals surface area (Å²) >= 11 is 0. The summed E-state index contributed by atoms with van der Waals surface area (Å²) in [5.74, 6) is 0.556. The maximum absolute atomic E-state index is 12.1. The van der Waals surface area contributed by atoms with Gasteiger partial charge >= 0.3 is 0 Å². The molecule has 2 N–H and O–H groups in total.